The first kappa shape index (κ1) is 13.3. The molecule has 0 radical (unpaired) electrons. The van der Waals surface area contributed by atoms with Crippen LogP contribution in [0.1, 0.15) is 4.88 Å². The molecule has 0 saturated carbocycles. The predicted octanol–water partition coefficient (Wildman–Crippen LogP) is 4.05. The van der Waals surface area contributed by atoms with Gasteiger partial charge in [-0.1, -0.05) is 17.7 Å². The van der Waals surface area contributed by atoms with Crippen LogP contribution in [0.5, 0.6) is 5.75 Å². The van der Waals surface area contributed by atoms with Crippen LogP contribution in [0.2, 0.25) is 4.47 Å². The lowest BCUT2D eigenvalue weighted by atomic mass is 10.3. The fourth-order valence-corrected chi connectivity index (χ4v) is 2.67. The summed E-state index contributed by atoms with van der Waals surface area (Å²) in [6.07, 6.45) is 1.61. The molecule has 0 aliphatic carbocycles. The third-order valence-corrected chi connectivity index (χ3v) is 3.92. The zero-order valence-electron chi connectivity index (χ0n) is 8.80. The van der Waals surface area contributed by atoms with Gasteiger partial charge in [-0.15, -0.1) is 11.3 Å². The number of nitrogens with zero attached hydrogens (tertiary/aromatic N) is 2. The van der Waals surface area contributed by atoms with Crippen molar-refractivity contribution in [1.82, 2.24) is 4.98 Å². The SMILES string of the molecule is O=[N+]([O-])c1cccc(OCc2cnc(Cl)s2)c1Br. The Morgan fingerprint density at radius 3 is 2.94 bits per heavy atom. The van der Waals surface area contributed by atoms with E-state index in [1.165, 1.54) is 17.4 Å². The lowest BCUT2D eigenvalue weighted by Crippen LogP contribution is -1.96. The molecule has 0 amide bonds. The molecule has 0 aliphatic heterocycles. The summed E-state index contributed by atoms with van der Waals surface area (Å²) >= 11 is 10.2. The van der Waals surface area contributed by atoms with Gasteiger partial charge in [0.05, 0.1) is 9.80 Å². The van der Waals surface area contributed by atoms with Crippen LogP contribution < -0.4 is 4.74 Å². The van der Waals surface area contributed by atoms with Crippen molar-refractivity contribution in [2.45, 2.75) is 6.61 Å². The minimum atomic E-state index is -0.472. The van der Waals surface area contributed by atoms with Crippen LogP contribution in [0.3, 0.4) is 0 Å². The fraction of sp³-hybridized carbons (Fsp3) is 0.100. The topological polar surface area (TPSA) is 65.3 Å². The maximum atomic E-state index is 10.7. The Balaban J connectivity index is 2.14. The predicted molar refractivity (Wildman–Crippen MR) is 72.3 cm³/mol. The van der Waals surface area contributed by atoms with E-state index in [1.807, 2.05) is 0 Å². The van der Waals surface area contributed by atoms with Gasteiger partial charge in [0.15, 0.2) is 4.47 Å². The van der Waals surface area contributed by atoms with Crippen LogP contribution in [0.4, 0.5) is 5.69 Å². The highest BCUT2D eigenvalue weighted by molar-refractivity contribution is 9.10. The number of hydrogen-bond donors (Lipinski definition) is 0. The molecule has 1 heterocycles. The van der Waals surface area contributed by atoms with Crippen LogP contribution in [0.15, 0.2) is 28.9 Å². The van der Waals surface area contributed by atoms with Gasteiger partial charge in [-0.25, -0.2) is 4.98 Å². The number of rotatable bonds is 4. The molecule has 0 N–H and O–H groups in total. The Morgan fingerprint density at radius 1 is 1.56 bits per heavy atom. The van der Waals surface area contributed by atoms with Crippen molar-refractivity contribution >= 4 is 44.6 Å². The van der Waals surface area contributed by atoms with Gasteiger partial charge in [0, 0.05) is 12.3 Å². The quantitative estimate of drug-likeness (QED) is 0.617. The summed E-state index contributed by atoms with van der Waals surface area (Å²) in [5, 5.41) is 10.7. The van der Waals surface area contributed by atoms with Gasteiger partial charge in [-0.3, -0.25) is 10.1 Å². The lowest BCUT2D eigenvalue weighted by molar-refractivity contribution is -0.385. The molecule has 0 bridgehead atoms. The summed E-state index contributed by atoms with van der Waals surface area (Å²) < 4.78 is 6.25. The zero-order chi connectivity index (χ0) is 13.1. The number of thiazole rings is 1. The second kappa shape index (κ2) is 5.64. The van der Waals surface area contributed by atoms with E-state index in [0.29, 0.717) is 14.7 Å². The van der Waals surface area contributed by atoms with Crippen LogP contribution in [0.25, 0.3) is 0 Å². The molecule has 2 rings (SSSR count). The van der Waals surface area contributed by atoms with Gasteiger partial charge in [-0.05, 0) is 22.0 Å². The van der Waals surface area contributed by atoms with E-state index in [9.17, 15) is 10.1 Å². The van der Waals surface area contributed by atoms with Gasteiger partial charge in [-0.2, -0.15) is 0 Å². The molecular weight excluding hydrogens is 344 g/mol. The maximum Gasteiger partial charge on any atom is 0.287 e. The van der Waals surface area contributed by atoms with E-state index in [2.05, 4.69) is 20.9 Å². The van der Waals surface area contributed by atoms with Gasteiger partial charge < -0.3 is 4.74 Å². The van der Waals surface area contributed by atoms with Gasteiger partial charge >= 0.3 is 0 Å². The van der Waals surface area contributed by atoms with Crippen molar-refractivity contribution in [3.05, 3.63) is 48.3 Å². The average molecular weight is 350 g/mol. The Labute approximate surface area is 120 Å². The zero-order valence-corrected chi connectivity index (χ0v) is 12.0. The smallest absolute Gasteiger partial charge is 0.287 e. The van der Waals surface area contributed by atoms with Crippen molar-refractivity contribution in [3.63, 3.8) is 0 Å². The summed E-state index contributed by atoms with van der Waals surface area (Å²) in [6, 6.07) is 4.62. The minimum Gasteiger partial charge on any atom is -0.487 e. The third kappa shape index (κ3) is 2.98. The molecule has 0 spiro atoms. The number of halogens is 2. The number of benzene rings is 1. The van der Waals surface area contributed by atoms with Crippen LogP contribution in [-0.2, 0) is 6.61 Å². The molecule has 8 heteroatoms. The van der Waals surface area contributed by atoms with Gasteiger partial charge in [0.25, 0.3) is 5.69 Å². The third-order valence-electron chi connectivity index (χ3n) is 2.03. The number of nitro groups is 1. The Bertz CT molecular complexity index is 590. The fourth-order valence-electron chi connectivity index (χ4n) is 1.25. The molecular formula is C10H6BrClN2O3S. The molecule has 0 atom stereocenters. The van der Waals surface area contributed by atoms with E-state index in [-0.39, 0.29) is 12.3 Å². The summed E-state index contributed by atoms with van der Waals surface area (Å²) in [4.78, 5) is 15.0. The summed E-state index contributed by atoms with van der Waals surface area (Å²) in [5.74, 6) is 0.411. The van der Waals surface area contributed by atoms with Crippen LogP contribution in [-0.4, -0.2) is 9.91 Å². The van der Waals surface area contributed by atoms with E-state index in [1.54, 1.807) is 18.3 Å². The van der Waals surface area contributed by atoms with Crippen LogP contribution >= 0.6 is 38.9 Å². The Kier molecular flexibility index (Phi) is 4.15. The van der Waals surface area contributed by atoms with Crippen molar-refractivity contribution in [2.24, 2.45) is 0 Å². The lowest BCUT2D eigenvalue weighted by Gasteiger charge is -2.06. The molecule has 1 aromatic heterocycles. The second-order valence-corrected chi connectivity index (χ2v) is 5.70. The maximum absolute atomic E-state index is 10.7. The highest BCUT2D eigenvalue weighted by Crippen LogP contribution is 2.34. The normalized spacial score (nSPS) is 10.3. The first-order valence-corrected chi connectivity index (χ1v) is 6.72. The average Bonchev–Trinajstić information content (AvgIpc) is 2.73. The van der Waals surface area contributed by atoms with Gasteiger partial charge in [0.1, 0.15) is 16.8 Å². The second-order valence-electron chi connectivity index (χ2n) is 3.21. The van der Waals surface area contributed by atoms with E-state index >= 15 is 0 Å². The minimum absolute atomic E-state index is 0.0326. The van der Waals surface area contributed by atoms with Crippen LogP contribution in [0, 0.1) is 10.1 Å². The first-order valence-electron chi connectivity index (χ1n) is 4.74. The van der Waals surface area contributed by atoms with E-state index < -0.39 is 4.92 Å². The highest BCUT2D eigenvalue weighted by Gasteiger charge is 2.16. The first-order chi connectivity index (χ1) is 8.58. The molecule has 0 saturated heterocycles. The summed E-state index contributed by atoms with van der Waals surface area (Å²) in [6.45, 7) is 0.268. The largest absolute Gasteiger partial charge is 0.487 e. The van der Waals surface area contributed by atoms with Gasteiger partial charge in [0.2, 0.25) is 0 Å². The molecule has 5 nitrogen and oxygen atoms in total. The molecule has 0 fully saturated rings. The Morgan fingerprint density at radius 2 is 2.33 bits per heavy atom. The van der Waals surface area contributed by atoms with Crippen molar-refractivity contribution in [3.8, 4) is 5.75 Å². The van der Waals surface area contributed by atoms with E-state index in [0.717, 1.165) is 4.88 Å². The molecule has 0 unspecified atom stereocenters. The number of aromatic nitrogens is 1. The number of hydrogen-bond acceptors (Lipinski definition) is 5. The molecule has 94 valence electrons. The monoisotopic (exact) mass is 348 g/mol. The summed E-state index contributed by atoms with van der Waals surface area (Å²) in [5.41, 5.74) is -0.0326. The number of ether oxygens (including phenoxy) is 1. The van der Waals surface area contributed by atoms with Crippen molar-refractivity contribution in [2.75, 3.05) is 0 Å². The molecule has 0 aliphatic rings. The Hall–Kier alpha value is -1.18. The molecule has 1 aromatic carbocycles. The highest BCUT2D eigenvalue weighted by atomic mass is 79.9. The van der Waals surface area contributed by atoms with E-state index in [4.69, 9.17) is 16.3 Å². The van der Waals surface area contributed by atoms with Crippen molar-refractivity contribution < 1.29 is 9.66 Å². The molecule has 18 heavy (non-hydrogen) atoms. The standard InChI is InChI=1S/C10H6BrClN2O3S/c11-9-7(14(15)16)2-1-3-8(9)17-5-6-4-13-10(12)18-6/h1-4H,5H2. The summed E-state index contributed by atoms with van der Waals surface area (Å²) in [7, 11) is 0. The van der Waals surface area contributed by atoms with Crippen molar-refractivity contribution in [1.29, 1.82) is 0 Å². The molecule has 2 aromatic rings. The number of nitro benzene ring substituents is 1.